The van der Waals surface area contributed by atoms with Crippen LogP contribution in [0.5, 0.6) is 0 Å². The summed E-state index contributed by atoms with van der Waals surface area (Å²) in [6.45, 7) is 0. The van der Waals surface area contributed by atoms with Crippen molar-refractivity contribution in [1.29, 1.82) is 0 Å². The van der Waals surface area contributed by atoms with E-state index in [0.717, 1.165) is 27.1 Å². The van der Waals surface area contributed by atoms with E-state index >= 15 is 0 Å². The van der Waals surface area contributed by atoms with Gasteiger partial charge in [-0.05, 0) is 53.1 Å². The standard InChI is InChI=1S/C51H32N4S/c1-4-16-33(17-5-1)49-52-50(34-18-6-2-7-19-34)54-51(53-49)43-28-15-27-42-41-26-14-25-40(47(41)56-48(42)43)38-23-11-10-22-37(38)35-30-31-46-44(32-35)39-24-12-13-29-45(39)55(46)36-20-8-3-9-21-36/h1-32H. The summed E-state index contributed by atoms with van der Waals surface area (Å²) in [5, 5.41) is 4.90. The van der Waals surface area contributed by atoms with Crippen LogP contribution in [-0.2, 0) is 0 Å². The van der Waals surface area contributed by atoms with Crippen LogP contribution in [0.3, 0.4) is 0 Å². The number of thiophene rings is 1. The Balaban J connectivity index is 1.09. The van der Waals surface area contributed by atoms with Gasteiger partial charge in [0.15, 0.2) is 17.5 Å². The summed E-state index contributed by atoms with van der Waals surface area (Å²) in [5.41, 5.74) is 11.3. The third-order valence-corrected chi connectivity index (χ3v) is 12.0. The maximum atomic E-state index is 5.10. The molecule has 56 heavy (non-hydrogen) atoms. The molecule has 0 radical (unpaired) electrons. The minimum absolute atomic E-state index is 0.658. The molecule has 262 valence electrons. The van der Waals surface area contributed by atoms with Gasteiger partial charge in [-0.15, -0.1) is 11.3 Å². The first-order valence-corrected chi connectivity index (χ1v) is 19.6. The van der Waals surface area contributed by atoms with Crippen LogP contribution >= 0.6 is 11.3 Å². The van der Waals surface area contributed by atoms with E-state index in [1.807, 2.05) is 47.7 Å². The maximum Gasteiger partial charge on any atom is 0.165 e. The molecule has 0 aliphatic heterocycles. The molecule has 0 fully saturated rings. The van der Waals surface area contributed by atoms with E-state index in [-0.39, 0.29) is 0 Å². The summed E-state index contributed by atoms with van der Waals surface area (Å²) in [5.74, 6) is 1.98. The van der Waals surface area contributed by atoms with Gasteiger partial charge in [-0.2, -0.15) is 0 Å². The highest BCUT2D eigenvalue weighted by atomic mass is 32.1. The Labute approximate surface area is 327 Å². The van der Waals surface area contributed by atoms with Gasteiger partial charge in [-0.3, -0.25) is 0 Å². The fourth-order valence-electron chi connectivity index (χ4n) is 8.10. The molecule has 0 bridgehead atoms. The monoisotopic (exact) mass is 732 g/mol. The predicted molar refractivity (Wildman–Crippen MR) is 234 cm³/mol. The number of hydrogen-bond acceptors (Lipinski definition) is 4. The molecule has 0 unspecified atom stereocenters. The Morgan fingerprint density at radius 2 is 0.821 bits per heavy atom. The van der Waals surface area contributed by atoms with Crippen LogP contribution in [0.25, 0.3) is 104 Å². The molecular weight excluding hydrogens is 701 g/mol. The van der Waals surface area contributed by atoms with Crippen molar-refractivity contribution < 1.29 is 0 Å². The lowest BCUT2D eigenvalue weighted by Crippen LogP contribution is -2.00. The Hall–Kier alpha value is -7.21. The van der Waals surface area contributed by atoms with E-state index in [1.54, 1.807) is 0 Å². The zero-order chi connectivity index (χ0) is 37.0. The number of fused-ring (bicyclic) bond motifs is 6. The van der Waals surface area contributed by atoms with Crippen LogP contribution in [0.15, 0.2) is 194 Å². The Morgan fingerprint density at radius 1 is 0.321 bits per heavy atom. The highest BCUT2D eigenvalue weighted by molar-refractivity contribution is 7.26. The molecule has 4 nitrogen and oxygen atoms in total. The van der Waals surface area contributed by atoms with Crippen LogP contribution < -0.4 is 0 Å². The molecule has 0 amide bonds. The van der Waals surface area contributed by atoms with Gasteiger partial charge < -0.3 is 4.57 Å². The van der Waals surface area contributed by atoms with Crippen molar-refractivity contribution in [2.75, 3.05) is 0 Å². The van der Waals surface area contributed by atoms with E-state index < -0.39 is 0 Å². The molecular formula is C51H32N4S. The van der Waals surface area contributed by atoms with Crippen LogP contribution in [0.1, 0.15) is 0 Å². The number of aromatic nitrogens is 4. The van der Waals surface area contributed by atoms with Gasteiger partial charge in [0, 0.05) is 58.9 Å². The molecule has 3 aromatic heterocycles. The fourth-order valence-corrected chi connectivity index (χ4v) is 9.44. The van der Waals surface area contributed by atoms with Crippen molar-refractivity contribution in [1.82, 2.24) is 19.5 Å². The van der Waals surface area contributed by atoms with E-state index in [4.69, 9.17) is 15.0 Å². The first-order chi connectivity index (χ1) is 27.8. The van der Waals surface area contributed by atoms with Crippen LogP contribution in [0, 0.1) is 0 Å². The molecule has 0 saturated heterocycles. The second-order valence-corrected chi connectivity index (χ2v) is 15.0. The molecule has 11 aromatic rings. The topological polar surface area (TPSA) is 43.6 Å². The first-order valence-electron chi connectivity index (χ1n) is 18.8. The first kappa shape index (κ1) is 32.2. The van der Waals surface area contributed by atoms with Gasteiger partial charge in [0.1, 0.15) is 0 Å². The van der Waals surface area contributed by atoms with E-state index in [0.29, 0.717) is 17.5 Å². The third kappa shape index (κ3) is 5.32. The number of benzene rings is 8. The van der Waals surface area contributed by atoms with Crippen LogP contribution in [-0.4, -0.2) is 19.5 Å². The summed E-state index contributed by atoms with van der Waals surface area (Å²) in [7, 11) is 0. The second kappa shape index (κ2) is 13.3. The number of nitrogens with zero attached hydrogens (tertiary/aromatic N) is 4. The van der Waals surface area contributed by atoms with Gasteiger partial charge in [0.2, 0.25) is 0 Å². The van der Waals surface area contributed by atoms with Crippen molar-refractivity contribution >= 4 is 53.3 Å². The number of hydrogen-bond donors (Lipinski definition) is 0. The highest BCUT2D eigenvalue weighted by Crippen LogP contribution is 2.46. The molecule has 0 N–H and O–H groups in total. The van der Waals surface area contributed by atoms with Gasteiger partial charge in [0.25, 0.3) is 0 Å². The van der Waals surface area contributed by atoms with Gasteiger partial charge >= 0.3 is 0 Å². The molecule has 0 spiro atoms. The molecule has 8 aromatic carbocycles. The molecule has 11 rings (SSSR count). The summed E-state index contributed by atoms with van der Waals surface area (Å²) < 4.78 is 4.77. The summed E-state index contributed by atoms with van der Waals surface area (Å²) in [6, 6.07) is 68.6. The predicted octanol–water partition coefficient (Wildman–Crippen LogP) is 13.7. The van der Waals surface area contributed by atoms with Crippen LogP contribution in [0.4, 0.5) is 0 Å². The van der Waals surface area contributed by atoms with Crippen molar-refractivity contribution in [3.05, 3.63) is 194 Å². The highest BCUT2D eigenvalue weighted by Gasteiger charge is 2.20. The quantitative estimate of drug-likeness (QED) is 0.171. The zero-order valence-corrected chi connectivity index (χ0v) is 31.0. The van der Waals surface area contributed by atoms with E-state index in [1.165, 1.54) is 59.5 Å². The number of para-hydroxylation sites is 2. The molecule has 0 aliphatic carbocycles. The lowest BCUT2D eigenvalue weighted by Gasteiger charge is -2.12. The average Bonchev–Trinajstić information content (AvgIpc) is 3.83. The van der Waals surface area contributed by atoms with Gasteiger partial charge in [0.05, 0.1) is 11.0 Å². The van der Waals surface area contributed by atoms with Crippen molar-refractivity contribution in [2.45, 2.75) is 0 Å². The SMILES string of the molecule is c1ccc(-c2nc(-c3ccccc3)nc(-c3cccc4c3sc3c(-c5ccccc5-c5ccc6c(c5)c5ccccc5n6-c5ccccc5)cccc34)n2)cc1. The normalized spacial score (nSPS) is 11.6. The maximum absolute atomic E-state index is 5.10. The third-order valence-electron chi connectivity index (χ3n) is 10.7. The number of rotatable bonds is 6. The van der Waals surface area contributed by atoms with Gasteiger partial charge in [-0.1, -0.05) is 158 Å². The molecule has 3 heterocycles. The fraction of sp³-hybridized carbons (Fsp3) is 0. The van der Waals surface area contributed by atoms with E-state index in [9.17, 15) is 0 Å². The smallest absolute Gasteiger partial charge is 0.165 e. The Bertz CT molecular complexity index is 3180. The van der Waals surface area contributed by atoms with E-state index in [2.05, 4.69) is 162 Å². The zero-order valence-electron chi connectivity index (χ0n) is 30.2. The summed E-state index contributed by atoms with van der Waals surface area (Å²) in [6.07, 6.45) is 0. The lowest BCUT2D eigenvalue weighted by atomic mass is 9.93. The Morgan fingerprint density at radius 3 is 1.52 bits per heavy atom. The lowest BCUT2D eigenvalue weighted by molar-refractivity contribution is 1.08. The average molecular weight is 733 g/mol. The van der Waals surface area contributed by atoms with Gasteiger partial charge in [-0.25, -0.2) is 15.0 Å². The largest absolute Gasteiger partial charge is 0.309 e. The van der Waals surface area contributed by atoms with Crippen LogP contribution in [0.2, 0.25) is 0 Å². The van der Waals surface area contributed by atoms with Crippen molar-refractivity contribution in [2.24, 2.45) is 0 Å². The molecule has 0 atom stereocenters. The minimum atomic E-state index is 0.658. The van der Waals surface area contributed by atoms with Crippen molar-refractivity contribution in [3.8, 4) is 62.1 Å². The Kier molecular flexibility index (Phi) is 7.64. The second-order valence-electron chi connectivity index (χ2n) is 14.0. The van der Waals surface area contributed by atoms with Crippen molar-refractivity contribution in [3.63, 3.8) is 0 Å². The summed E-state index contributed by atoms with van der Waals surface area (Å²) >= 11 is 1.81. The minimum Gasteiger partial charge on any atom is -0.309 e. The molecule has 5 heteroatoms. The molecule has 0 saturated carbocycles. The summed E-state index contributed by atoms with van der Waals surface area (Å²) in [4.78, 5) is 15.2. The molecule has 0 aliphatic rings.